The number of aryl methyl sites for hydroxylation is 1. The van der Waals surface area contributed by atoms with Crippen LogP contribution in [-0.2, 0) is 6.42 Å². The summed E-state index contributed by atoms with van der Waals surface area (Å²) in [4.78, 5) is 0. The number of aromatic nitrogens is 1. The highest BCUT2D eigenvalue weighted by molar-refractivity contribution is 5.15. The van der Waals surface area contributed by atoms with Gasteiger partial charge in [0, 0.05) is 12.4 Å². The predicted molar refractivity (Wildman–Crippen MR) is 93.9 cm³/mol. The summed E-state index contributed by atoms with van der Waals surface area (Å²) in [7, 11) is 0. The normalized spacial score (nSPS) is 17.8. The Kier molecular flexibility index (Phi) is 5.53. The molecule has 1 aliphatic carbocycles. The first-order valence-corrected chi connectivity index (χ1v) is 8.76. The van der Waals surface area contributed by atoms with E-state index < -0.39 is 0 Å². The number of rotatable bonds is 6. The Balaban J connectivity index is 1.61. The molecule has 1 saturated carbocycles. The number of hydrogen-bond donors (Lipinski definition) is 0. The summed E-state index contributed by atoms with van der Waals surface area (Å²) >= 11 is 0. The van der Waals surface area contributed by atoms with Gasteiger partial charge in [0.15, 0.2) is 0 Å². The Morgan fingerprint density at radius 3 is 2.41 bits per heavy atom. The zero-order chi connectivity index (χ0) is 15.0. The van der Waals surface area contributed by atoms with Crippen molar-refractivity contribution in [1.29, 1.82) is 0 Å². The van der Waals surface area contributed by atoms with Crippen molar-refractivity contribution in [2.45, 2.75) is 51.0 Å². The third-order valence-corrected chi connectivity index (χ3v) is 4.88. The number of allylic oxidation sites excluding steroid dienone is 2. The minimum absolute atomic E-state index is 0.547. The highest BCUT2D eigenvalue weighted by Gasteiger charge is 2.22. The van der Waals surface area contributed by atoms with Gasteiger partial charge >= 0.3 is 0 Å². The third kappa shape index (κ3) is 4.13. The van der Waals surface area contributed by atoms with Gasteiger partial charge in [-0.3, -0.25) is 0 Å². The van der Waals surface area contributed by atoms with Crippen LogP contribution >= 0.6 is 0 Å². The van der Waals surface area contributed by atoms with Gasteiger partial charge in [-0.1, -0.05) is 61.7 Å². The summed E-state index contributed by atoms with van der Waals surface area (Å²) in [6.07, 6.45) is 18.6. The van der Waals surface area contributed by atoms with Crippen LogP contribution in [0.2, 0.25) is 0 Å². The molecule has 1 fully saturated rings. The van der Waals surface area contributed by atoms with E-state index in [0.29, 0.717) is 6.04 Å². The third-order valence-electron chi connectivity index (χ3n) is 4.88. The molecule has 1 heteroatoms. The fraction of sp³-hybridized carbons (Fsp3) is 0.429. The molecule has 0 amide bonds. The van der Waals surface area contributed by atoms with Crippen molar-refractivity contribution in [3.63, 3.8) is 0 Å². The lowest BCUT2D eigenvalue weighted by Gasteiger charge is -2.29. The fourth-order valence-electron chi connectivity index (χ4n) is 3.65. The maximum absolute atomic E-state index is 2.46. The van der Waals surface area contributed by atoms with Gasteiger partial charge in [0.05, 0.1) is 6.04 Å². The summed E-state index contributed by atoms with van der Waals surface area (Å²) in [6.45, 7) is 0. The molecule has 2 aromatic rings. The minimum Gasteiger partial charge on any atom is -0.347 e. The Morgan fingerprint density at radius 1 is 0.955 bits per heavy atom. The highest BCUT2D eigenvalue weighted by Crippen LogP contribution is 2.33. The van der Waals surface area contributed by atoms with Gasteiger partial charge in [0.2, 0.25) is 0 Å². The number of benzene rings is 1. The molecule has 3 rings (SSSR count). The van der Waals surface area contributed by atoms with Gasteiger partial charge in [-0.2, -0.15) is 0 Å². The topological polar surface area (TPSA) is 4.93 Å². The van der Waals surface area contributed by atoms with Crippen LogP contribution in [-0.4, -0.2) is 4.57 Å². The maximum Gasteiger partial charge on any atom is 0.0538 e. The molecule has 1 atom stereocenters. The maximum atomic E-state index is 2.46. The largest absolute Gasteiger partial charge is 0.347 e. The van der Waals surface area contributed by atoms with E-state index in [9.17, 15) is 0 Å². The molecule has 1 aromatic carbocycles. The van der Waals surface area contributed by atoms with E-state index in [1.807, 2.05) is 0 Å². The number of hydrogen-bond acceptors (Lipinski definition) is 0. The lowest BCUT2D eigenvalue weighted by Crippen LogP contribution is -2.19. The molecule has 0 saturated heterocycles. The van der Waals surface area contributed by atoms with Crippen LogP contribution in [0.4, 0.5) is 0 Å². The van der Waals surface area contributed by atoms with Gasteiger partial charge < -0.3 is 4.57 Å². The predicted octanol–water partition coefficient (Wildman–Crippen LogP) is 5.80. The summed E-state index contributed by atoms with van der Waals surface area (Å²) in [5, 5.41) is 0. The Morgan fingerprint density at radius 2 is 1.68 bits per heavy atom. The summed E-state index contributed by atoms with van der Waals surface area (Å²) < 4.78 is 2.40. The van der Waals surface area contributed by atoms with Gasteiger partial charge in [-0.05, 0) is 49.3 Å². The molecule has 1 unspecified atom stereocenters. The van der Waals surface area contributed by atoms with Crippen LogP contribution < -0.4 is 0 Å². The van der Waals surface area contributed by atoms with Crippen LogP contribution in [0.15, 0.2) is 67.0 Å². The van der Waals surface area contributed by atoms with Crippen LogP contribution in [0, 0.1) is 5.92 Å². The Bertz CT molecular complexity index is 547. The fourth-order valence-corrected chi connectivity index (χ4v) is 3.65. The van der Waals surface area contributed by atoms with Crippen molar-refractivity contribution >= 4 is 0 Å². The summed E-state index contributed by atoms with van der Waals surface area (Å²) in [5.41, 5.74) is 1.43. The quantitative estimate of drug-likeness (QED) is 0.593. The zero-order valence-corrected chi connectivity index (χ0v) is 13.4. The second kappa shape index (κ2) is 8.03. The average molecular weight is 293 g/mol. The second-order valence-electron chi connectivity index (χ2n) is 6.47. The molecular weight excluding hydrogens is 266 g/mol. The zero-order valence-electron chi connectivity index (χ0n) is 13.4. The van der Waals surface area contributed by atoms with E-state index in [2.05, 4.69) is 71.6 Å². The van der Waals surface area contributed by atoms with Crippen molar-refractivity contribution in [1.82, 2.24) is 4.57 Å². The molecule has 116 valence electrons. The second-order valence-corrected chi connectivity index (χ2v) is 6.47. The molecule has 1 nitrogen and oxygen atoms in total. The first-order chi connectivity index (χ1) is 10.9. The number of nitrogens with zero attached hydrogens (tertiary/aromatic N) is 1. The molecular formula is C21H27N. The summed E-state index contributed by atoms with van der Waals surface area (Å²) in [5.74, 6) is 0.814. The smallest absolute Gasteiger partial charge is 0.0538 e. The lowest BCUT2D eigenvalue weighted by atomic mass is 9.83. The van der Waals surface area contributed by atoms with Crippen LogP contribution in [0.3, 0.4) is 0 Å². The molecule has 0 bridgehead atoms. The van der Waals surface area contributed by atoms with E-state index in [4.69, 9.17) is 0 Å². The first-order valence-electron chi connectivity index (χ1n) is 8.76. The monoisotopic (exact) mass is 293 g/mol. The molecule has 1 heterocycles. The molecule has 0 N–H and O–H groups in total. The van der Waals surface area contributed by atoms with Crippen molar-refractivity contribution in [3.8, 4) is 0 Å². The van der Waals surface area contributed by atoms with Crippen LogP contribution in [0.1, 0.15) is 50.1 Å². The summed E-state index contributed by atoms with van der Waals surface area (Å²) in [6, 6.07) is 15.6. The van der Waals surface area contributed by atoms with E-state index in [0.717, 1.165) is 18.8 Å². The van der Waals surface area contributed by atoms with Crippen molar-refractivity contribution in [2.75, 3.05) is 0 Å². The van der Waals surface area contributed by atoms with Crippen molar-refractivity contribution in [2.24, 2.45) is 5.92 Å². The van der Waals surface area contributed by atoms with Crippen LogP contribution in [0.5, 0.6) is 0 Å². The van der Waals surface area contributed by atoms with Crippen molar-refractivity contribution < 1.29 is 0 Å². The van der Waals surface area contributed by atoms with E-state index in [1.54, 1.807) is 0 Å². The van der Waals surface area contributed by atoms with Gasteiger partial charge in [-0.25, -0.2) is 0 Å². The lowest BCUT2D eigenvalue weighted by molar-refractivity contribution is 0.285. The van der Waals surface area contributed by atoms with Gasteiger partial charge in [0.25, 0.3) is 0 Å². The molecule has 0 aliphatic heterocycles. The molecule has 1 aliphatic rings. The molecule has 1 aromatic heterocycles. The first kappa shape index (κ1) is 15.1. The Labute approximate surface area is 134 Å². The molecule has 22 heavy (non-hydrogen) atoms. The van der Waals surface area contributed by atoms with E-state index in [1.165, 1.54) is 37.7 Å². The van der Waals surface area contributed by atoms with Gasteiger partial charge in [0.1, 0.15) is 0 Å². The average Bonchev–Trinajstić information content (AvgIpc) is 3.11. The van der Waals surface area contributed by atoms with E-state index in [-0.39, 0.29) is 0 Å². The molecule has 0 spiro atoms. The van der Waals surface area contributed by atoms with Crippen molar-refractivity contribution in [3.05, 3.63) is 72.6 Å². The van der Waals surface area contributed by atoms with Gasteiger partial charge in [-0.15, -0.1) is 0 Å². The standard InChI is InChI=1S/C21H27N/c1-3-11-19(12-4-1)13-7-8-16-21(22-17-9-10-18-22)20-14-5-2-6-15-20/h1,3-4,8-12,16-18,20-21H,2,5-7,13-15H2/b16-8+. The highest BCUT2D eigenvalue weighted by atomic mass is 15.0. The van der Waals surface area contributed by atoms with E-state index >= 15 is 0 Å². The van der Waals surface area contributed by atoms with Crippen LogP contribution in [0.25, 0.3) is 0 Å². The SMILES string of the molecule is C(=C\C(C1CCCCC1)n1cccc1)/CCc1ccccc1. The Hall–Kier alpha value is -1.76. The molecule has 0 radical (unpaired) electrons. The minimum atomic E-state index is 0.547.